The molecule has 0 aliphatic carbocycles. The molecule has 0 unspecified atom stereocenters. The minimum atomic E-state index is -0.477. The van der Waals surface area contributed by atoms with Crippen molar-refractivity contribution in [2.24, 2.45) is 5.10 Å². The molecule has 0 saturated carbocycles. The van der Waals surface area contributed by atoms with E-state index in [0.717, 1.165) is 25.8 Å². The number of phenols is 1. The van der Waals surface area contributed by atoms with E-state index in [1.807, 2.05) is 42.5 Å². The van der Waals surface area contributed by atoms with Crippen LogP contribution in [-0.4, -0.2) is 17.2 Å². The minimum absolute atomic E-state index is 0.0888. The van der Waals surface area contributed by atoms with Crippen molar-refractivity contribution in [2.75, 3.05) is 0 Å². The van der Waals surface area contributed by atoms with Crippen molar-refractivity contribution < 1.29 is 14.6 Å². The number of ether oxygens (including phenoxy) is 1. The first kappa shape index (κ1) is 20.1. The molecule has 28 heavy (non-hydrogen) atoms. The van der Waals surface area contributed by atoms with Gasteiger partial charge in [-0.15, -0.1) is 0 Å². The number of rotatable bonds is 6. The molecule has 3 aromatic carbocycles. The summed E-state index contributed by atoms with van der Waals surface area (Å²) in [4.78, 5) is 12.0. The summed E-state index contributed by atoms with van der Waals surface area (Å²) in [5.41, 5.74) is 4.40. The van der Waals surface area contributed by atoms with Gasteiger partial charge in [0, 0.05) is 14.5 Å². The number of hydrazone groups is 1. The lowest BCUT2D eigenvalue weighted by Gasteiger charge is -2.08. The van der Waals surface area contributed by atoms with E-state index >= 15 is 0 Å². The molecular formula is C21H16Br2N2O3. The number of carbonyl (C=O) groups excluding carboxylic acids is 1. The first-order chi connectivity index (χ1) is 13.5. The lowest BCUT2D eigenvalue weighted by Crippen LogP contribution is -2.17. The van der Waals surface area contributed by atoms with Crippen LogP contribution >= 0.6 is 31.9 Å². The Labute approximate surface area is 179 Å². The Morgan fingerprint density at radius 1 is 1.07 bits per heavy atom. The van der Waals surface area contributed by atoms with Gasteiger partial charge in [-0.2, -0.15) is 5.10 Å². The van der Waals surface area contributed by atoms with Crippen LogP contribution in [0.3, 0.4) is 0 Å². The lowest BCUT2D eigenvalue weighted by molar-refractivity contribution is 0.0952. The van der Waals surface area contributed by atoms with Gasteiger partial charge < -0.3 is 9.84 Å². The van der Waals surface area contributed by atoms with Crippen molar-refractivity contribution in [3.8, 4) is 11.5 Å². The molecule has 3 rings (SSSR count). The summed E-state index contributed by atoms with van der Waals surface area (Å²) in [5.74, 6) is 0.161. The van der Waals surface area contributed by atoms with Gasteiger partial charge in [0.15, 0.2) is 0 Å². The number of amides is 1. The number of hydrogen-bond acceptors (Lipinski definition) is 4. The summed E-state index contributed by atoms with van der Waals surface area (Å²) in [6.45, 7) is 0.442. The van der Waals surface area contributed by atoms with Crippen molar-refractivity contribution in [1.29, 1.82) is 0 Å². The number of nitrogens with zero attached hydrogens (tertiary/aromatic N) is 1. The molecule has 2 N–H and O–H groups in total. The number of nitrogens with one attached hydrogen (secondary N) is 1. The topological polar surface area (TPSA) is 70.9 Å². The molecule has 142 valence electrons. The van der Waals surface area contributed by atoms with Gasteiger partial charge in [-0.25, -0.2) is 5.43 Å². The van der Waals surface area contributed by atoms with Crippen LogP contribution in [-0.2, 0) is 6.61 Å². The third-order valence-corrected chi connectivity index (χ3v) is 5.05. The second-order valence-corrected chi connectivity index (χ2v) is 7.58. The maximum Gasteiger partial charge on any atom is 0.275 e. The molecule has 7 heteroatoms. The Morgan fingerprint density at radius 3 is 2.54 bits per heavy atom. The van der Waals surface area contributed by atoms with Gasteiger partial charge in [0.25, 0.3) is 5.91 Å². The summed E-state index contributed by atoms with van der Waals surface area (Å²) in [7, 11) is 0. The van der Waals surface area contributed by atoms with Gasteiger partial charge in [0.2, 0.25) is 0 Å². The Bertz CT molecular complexity index is 1000. The van der Waals surface area contributed by atoms with Gasteiger partial charge in [-0.3, -0.25) is 4.79 Å². The zero-order valence-corrected chi connectivity index (χ0v) is 17.8. The van der Waals surface area contributed by atoms with E-state index < -0.39 is 5.91 Å². The van der Waals surface area contributed by atoms with Gasteiger partial charge in [-0.05, 0) is 54.1 Å². The van der Waals surface area contributed by atoms with Crippen LogP contribution in [0.1, 0.15) is 21.5 Å². The molecule has 0 heterocycles. The summed E-state index contributed by atoms with van der Waals surface area (Å²) in [5, 5.41) is 13.6. The monoisotopic (exact) mass is 502 g/mol. The van der Waals surface area contributed by atoms with E-state index in [-0.39, 0.29) is 11.3 Å². The average molecular weight is 504 g/mol. The van der Waals surface area contributed by atoms with Crippen molar-refractivity contribution in [1.82, 2.24) is 5.43 Å². The molecule has 1 amide bonds. The number of para-hydroxylation sites is 1. The molecule has 0 atom stereocenters. The van der Waals surface area contributed by atoms with Crippen LogP contribution in [0.4, 0.5) is 0 Å². The van der Waals surface area contributed by atoms with E-state index in [1.165, 1.54) is 18.3 Å². The quantitative estimate of drug-likeness (QED) is 0.356. The number of benzene rings is 3. The van der Waals surface area contributed by atoms with Crippen LogP contribution in [0.25, 0.3) is 0 Å². The molecule has 0 saturated heterocycles. The molecule has 3 aromatic rings. The second kappa shape index (κ2) is 9.52. The molecule has 0 radical (unpaired) electrons. The molecule has 0 aliphatic rings. The van der Waals surface area contributed by atoms with E-state index in [0.29, 0.717) is 6.61 Å². The van der Waals surface area contributed by atoms with E-state index in [4.69, 9.17) is 4.74 Å². The minimum Gasteiger partial charge on any atom is -0.507 e. The summed E-state index contributed by atoms with van der Waals surface area (Å²) >= 11 is 6.94. The smallest absolute Gasteiger partial charge is 0.275 e. The summed E-state index contributed by atoms with van der Waals surface area (Å²) in [6, 6.07) is 19.6. The van der Waals surface area contributed by atoms with Gasteiger partial charge in [0.05, 0.1) is 11.8 Å². The fourth-order valence-electron chi connectivity index (χ4n) is 2.34. The molecule has 0 bridgehead atoms. The van der Waals surface area contributed by atoms with Crippen LogP contribution in [0.5, 0.6) is 11.5 Å². The largest absolute Gasteiger partial charge is 0.507 e. The first-order valence-electron chi connectivity index (χ1n) is 8.31. The Morgan fingerprint density at radius 2 is 1.82 bits per heavy atom. The number of aromatic hydroxyl groups is 1. The first-order valence-corrected chi connectivity index (χ1v) is 9.90. The molecule has 5 nitrogen and oxygen atoms in total. The zero-order valence-electron chi connectivity index (χ0n) is 14.6. The van der Waals surface area contributed by atoms with Crippen molar-refractivity contribution in [3.63, 3.8) is 0 Å². The van der Waals surface area contributed by atoms with Crippen LogP contribution in [0.15, 0.2) is 80.8 Å². The Kier molecular flexibility index (Phi) is 6.84. The van der Waals surface area contributed by atoms with Gasteiger partial charge in [-0.1, -0.05) is 50.1 Å². The molecule has 0 aromatic heterocycles. The predicted octanol–water partition coefficient (Wildman–Crippen LogP) is 5.26. The summed E-state index contributed by atoms with van der Waals surface area (Å²) in [6.07, 6.45) is 1.52. The Hall–Kier alpha value is -2.64. The van der Waals surface area contributed by atoms with E-state index in [2.05, 4.69) is 42.4 Å². The Balaban J connectivity index is 1.54. The third kappa shape index (κ3) is 5.43. The molecule has 0 fully saturated rings. The van der Waals surface area contributed by atoms with Gasteiger partial charge in [0.1, 0.15) is 18.1 Å². The zero-order chi connectivity index (χ0) is 19.9. The number of phenolic OH excluding ortho intramolecular Hbond substituents is 1. The standard InChI is InChI=1S/C21H16Br2N2O3/c22-16-8-7-15(19(23)11-16)13-28-17-9-5-14(6-10-17)12-24-25-21(27)18-3-1-2-4-20(18)26/h1-12,26H,13H2,(H,25,27)/b24-12-. The molecule has 0 spiro atoms. The maximum atomic E-state index is 12.0. The average Bonchev–Trinajstić information content (AvgIpc) is 2.68. The SMILES string of the molecule is O=C(N/N=C\c1ccc(OCc2ccc(Br)cc2Br)cc1)c1ccccc1O. The number of hydrogen-bond donors (Lipinski definition) is 2. The van der Waals surface area contributed by atoms with E-state index in [9.17, 15) is 9.90 Å². The van der Waals surface area contributed by atoms with Crippen LogP contribution in [0.2, 0.25) is 0 Å². The normalized spacial score (nSPS) is 10.8. The van der Waals surface area contributed by atoms with Crippen LogP contribution in [0, 0.1) is 0 Å². The fraction of sp³-hybridized carbons (Fsp3) is 0.0476. The second-order valence-electron chi connectivity index (χ2n) is 5.81. The maximum absolute atomic E-state index is 12.0. The highest BCUT2D eigenvalue weighted by Gasteiger charge is 2.08. The van der Waals surface area contributed by atoms with E-state index in [1.54, 1.807) is 12.1 Å². The third-order valence-electron chi connectivity index (χ3n) is 3.82. The molecule has 0 aliphatic heterocycles. The molecular weight excluding hydrogens is 488 g/mol. The van der Waals surface area contributed by atoms with Crippen molar-refractivity contribution >= 4 is 44.0 Å². The highest BCUT2D eigenvalue weighted by atomic mass is 79.9. The summed E-state index contributed by atoms with van der Waals surface area (Å²) < 4.78 is 7.77. The van der Waals surface area contributed by atoms with Crippen molar-refractivity contribution in [2.45, 2.75) is 6.61 Å². The highest BCUT2D eigenvalue weighted by molar-refractivity contribution is 9.11. The highest BCUT2D eigenvalue weighted by Crippen LogP contribution is 2.23. The number of halogens is 2. The fourth-order valence-corrected chi connectivity index (χ4v) is 3.50. The predicted molar refractivity (Wildman–Crippen MR) is 116 cm³/mol. The lowest BCUT2D eigenvalue weighted by atomic mass is 10.2. The number of carbonyl (C=O) groups is 1. The van der Waals surface area contributed by atoms with Crippen molar-refractivity contribution in [3.05, 3.63) is 92.4 Å². The van der Waals surface area contributed by atoms with Gasteiger partial charge >= 0.3 is 0 Å². The van der Waals surface area contributed by atoms with Crippen LogP contribution < -0.4 is 10.2 Å².